The molecule has 0 spiro atoms. The van der Waals surface area contributed by atoms with Gasteiger partial charge in [0, 0.05) is 35.8 Å². The van der Waals surface area contributed by atoms with Gasteiger partial charge in [-0.25, -0.2) is 8.42 Å². The van der Waals surface area contributed by atoms with E-state index in [9.17, 15) is 13.0 Å². The number of hydrogen-bond donors (Lipinski definition) is 0. The topological polar surface area (TPSA) is 64.3 Å². The normalized spacial score (nSPS) is 19.0. The molecule has 40 heavy (non-hydrogen) atoms. The molecule has 0 amide bonds. The summed E-state index contributed by atoms with van der Waals surface area (Å²) in [6, 6.07) is 16.9. The van der Waals surface area contributed by atoms with Crippen LogP contribution in [0.1, 0.15) is 64.3 Å². The van der Waals surface area contributed by atoms with E-state index in [0.717, 1.165) is 34.6 Å². The molecule has 1 aliphatic heterocycles. The van der Waals surface area contributed by atoms with E-state index in [2.05, 4.69) is 84.9 Å². The number of rotatable bonds is 10. The molecule has 8 heteroatoms. The van der Waals surface area contributed by atoms with Crippen molar-refractivity contribution < 1.29 is 17.5 Å². The summed E-state index contributed by atoms with van der Waals surface area (Å²) in [5.41, 5.74) is 5.12. The Hall–Kier alpha value is -2.39. The maximum absolute atomic E-state index is 11.3. The SMILES string of the molecule is CCCCCN1/C(=C/C2=CC(=C/c3sc4ccccc4[n+]3CCCS(=O)(=O)[O-])/CC(C)(C)C2)Sc2ccccc21. The number of aryl methyl sites for hydroxylation is 1. The van der Waals surface area contributed by atoms with Crippen LogP contribution in [-0.4, -0.2) is 25.3 Å². The maximum atomic E-state index is 11.3. The van der Waals surface area contributed by atoms with E-state index in [1.807, 2.05) is 23.9 Å². The lowest BCUT2D eigenvalue weighted by molar-refractivity contribution is -0.668. The summed E-state index contributed by atoms with van der Waals surface area (Å²) < 4.78 is 37.1. The number of hydrogen-bond acceptors (Lipinski definition) is 6. The lowest BCUT2D eigenvalue weighted by Crippen LogP contribution is -2.36. The smallest absolute Gasteiger partial charge is 0.263 e. The minimum absolute atomic E-state index is 0.119. The molecule has 0 unspecified atom stereocenters. The van der Waals surface area contributed by atoms with Crippen LogP contribution in [0.2, 0.25) is 0 Å². The highest BCUT2D eigenvalue weighted by atomic mass is 32.2. The van der Waals surface area contributed by atoms with E-state index >= 15 is 0 Å². The molecule has 2 heterocycles. The van der Waals surface area contributed by atoms with Crippen LogP contribution in [0.4, 0.5) is 5.69 Å². The number of nitrogens with zero attached hydrogens (tertiary/aromatic N) is 2. The van der Waals surface area contributed by atoms with Crippen LogP contribution >= 0.6 is 23.1 Å². The maximum Gasteiger partial charge on any atom is 0.263 e. The molecular weight excluding hydrogens is 557 g/mol. The first kappa shape index (κ1) is 29.1. The van der Waals surface area contributed by atoms with Gasteiger partial charge in [-0.15, -0.1) is 0 Å². The Labute approximate surface area is 247 Å². The van der Waals surface area contributed by atoms with Gasteiger partial charge < -0.3 is 9.45 Å². The van der Waals surface area contributed by atoms with E-state index in [1.165, 1.54) is 46.0 Å². The lowest BCUT2D eigenvalue weighted by Gasteiger charge is -2.31. The highest BCUT2D eigenvalue weighted by Crippen LogP contribution is 2.48. The fourth-order valence-corrected chi connectivity index (χ4v) is 8.52. The molecule has 0 fully saturated rings. The van der Waals surface area contributed by atoms with Crippen molar-refractivity contribution in [3.63, 3.8) is 0 Å². The van der Waals surface area contributed by atoms with Crippen molar-refractivity contribution in [1.82, 2.24) is 0 Å². The van der Waals surface area contributed by atoms with Gasteiger partial charge in [-0.3, -0.25) is 0 Å². The highest BCUT2D eigenvalue weighted by Gasteiger charge is 2.29. The van der Waals surface area contributed by atoms with Crippen molar-refractivity contribution in [2.45, 2.75) is 70.7 Å². The molecule has 0 atom stereocenters. The van der Waals surface area contributed by atoms with Crippen molar-refractivity contribution in [2.24, 2.45) is 5.41 Å². The minimum Gasteiger partial charge on any atom is -0.748 e. The second-order valence-corrected chi connectivity index (χ2v) is 15.2. The van der Waals surface area contributed by atoms with Crippen molar-refractivity contribution in [1.29, 1.82) is 0 Å². The third-order valence-electron chi connectivity index (χ3n) is 7.39. The summed E-state index contributed by atoms with van der Waals surface area (Å²) in [4.78, 5) is 3.81. The second-order valence-electron chi connectivity index (χ2n) is 11.5. The molecule has 0 bridgehead atoms. The molecule has 0 saturated carbocycles. The van der Waals surface area contributed by atoms with Crippen molar-refractivity contribution in [3.8, 4) is 0 Å². The van der Waals surface area contributed by atoms with E-state index in [1.54, 1.807) is 11.3 Å². The number of allylic oxidation sites excluding steroid dienone is 4. The Morgan fingerprint density at radius 1 is 1.02 bits per heavy atom. The van der Waals surface area contributed by atoms with Gasteiger partial charge in [0.05, 0.1) is 20.8 Å². The first-order valence-electron chi connectivity index (χ1n) is 14.1. The van der Waals surface area contributed by atoms with Gasteiger partial charge in [-0.1, -0.05) is 87.1 Å². The van der Waals surface area contributed by atoms with Crippen LogP contribution in [0.15, 0.2) is 81.8 Å². The Bertz CT molecular complexity index is 1580. The Morgan fingerprint density at radius 2 is 1.80 bits per heavy atom. The van der Waals surface area contributed by atoms with E-state index in [4.69, 9.17) is 0 Å². The molecule has 1 aliphatic carbocycles. The molecule has 0 saturated heterocycles. The molecule has 2 aliphatic rings. The predicted molar refractivity (Wildman–Crippen MR) is 168 cm³/mol. The third-order valence-corrected chi connectivity index (χ3v) is 10.4. The monoisotopic (exact) mass is 594 g/mol. The van der Waals surface area contributed by atoms with Crippen molar-refractivity contribution >= 4 is 55.2 Å². The molecule has 0 radical (unpaired) electrons. The number of thiazole rings is 1. The molecule has 3 aromatic rings. The fourth-order valence-electron chi connectivity index (χ4n) is 5.71. The van der Waals surface area contributed by atoms with E-state index in [-0.39, 0.29) is 11.2 Å². The van der Waals surface area contributed by atoms with E-state index in [0.29, 0.717) is 13.0 Å². The summed E-state index contributed by atoms with van der Waals surface area (Å²) in [5, 5.41) is 2.39. The number of fused-ring (bicyclic) bond motifs is 2. The molecule has 1 aromatic heterocycles. The fraction of sp³-hybridized carbons (Fsp3) is 0.406. The number of thioether (sulfide) groups is 1. The molecule has 212 valence electrons. The predicted octanol–water partition coefficient (Wildman–Crippen LogP) is 7.90. The van der Waals surface area contributed by atoms with Crippen molar-refractivity contribution in [2.75, 3.05) is 17.2 Å². The summed E-state index contributed by atoms with van der Waals surface area (Å²) in [6.45, 7) is 8.44. The Morgan fingerprint density at radius 3 is 2.60 bits per heavy atom. The zero-order valence-electron chi connectivity index (χ0n) is 23.6. The summed E-state index contributed by atoms with van der Waals surface area (Å²) in [7, 11) is -4.23. The van der Waals surface area contributed by atoms with Gasteiger partial charge in [0.25, 0.3) is 5.01 Å². The number of unbranched alkanes of at least 4 members (excludes halogenated alkanes) is 2. The number of para-hydroxylation sites is 2. The van der Waals surface area contributed by atoms with Crippen LogP contribution in [0.3, 0.4) is 0 Å². The summed E-state index contributed by atoms with van der Waals surface area (Å²) in [5.74, 6) is -0.348. The van der Waals surface area contributed by atoms with Crippen LogP contribution in [-0.2, 0) is 16.7 Å². The first-order chi connectivity index (χ1) is 19.1. The van der Waals surface area contributed by atoms with Crippen LogP contribution in [0.5, 0.6) is 0 Å². The molecule has 0 N–H and O–H groups in total. The van der Waals surface area contributed by atoms with Crippen LogP contribution in [0.25, 0.3) is 16.3 Å². The minimum atomic E-state index is -4.23. The largest absolute Gasteiger partial charge is 0.748 e. The third kappa shape index (κ3) is 7.08. The van der Waals surface area contributed by atoms with Crippen LogP contribution in [0, 0.1) is 5.41 Å². The standard InChI is InChI=1S/C32H38N2O3S3/c1-4-5-10-16-33-26-12-6-8-14-28(26)38-30(33)20-24-19-25(23-32(2,3)22-24)21-31-34(17-11-18-40(35,36)37)27-13-7-9-15-29(27)39-31/h6-9,12-15,19-21H,4-5,10-11,16-18,22-23H2,1-3H3. The van der Waals surface area contributed by atoms with Gasteiger partial charge in [-0.2, -0.15) is 4.57 Å². The Balaban J connectivity index is 1.49. The number of aromatic nitrogens is 1. The first-order valence-corrected chi connectivity index (χ1v) is 17.4. The van der Waals surface area contributed by atoms with Gasteiger partial charge in [0.2, 0.25) is 5.52 Å². The van der Waals surface area contributed by atoms with Crippen LogP contribution < -0.4 is 9.47 Å². The van der Waals surface area contributed by atoms with E-state index < -0.39 is 10.1 Å². The molecule has 5 nitrogen and oxygen atoms in total. The average Bonchev–Trinajstić information content (AvgIpc) is 3.40. The molecule has 2 aromatic carbocycles. The zero-order chi connectivity index (χ0) is 28.3. The summed E-state index contributed by atoms with van der Waals surface area (Å²) >= 11 is 3.58. The average molecular weight is 595 g/mol. The molecule has 5 rings (SSSR count). The van der Waals surface area contributed by atoms with Gasteiger partial charge in [-0.05, 0) is 60.1 Å². The quantitative estimate of drug-likeness (QED) is 0.136. The summed E-state index contributed by atoms with van der Waals surface area (Å²) in [6.07, 6.45) is 12.9. The van der Waals surface area contributed by atoms with Gasteiger partial charge >= 0.3 is 0 Å². The highest BCUT2D eigenvalue weighted by molar-refractivity contribution is 8.03. The van der Waals surface area contributed by atoms with Crippen molar-refractivity contribution in [3.05, 3.63) is 81.9 Å². The molecular formula is C32H38N2O3S3. The van der Waals surface area contributed by atoms with Gasteiger partial charge in [0.1, 0.15) is 4.70 Å². The lowest BCUT2D eigenvalue weighted by atomic mass is 9.75. The number of benzene rings is 2. The number of anilines is 1. The second kappa shape index (κ2) is 12.2. The van der Waals surface area contributed by atoms with Gasteiger partial charge in [0.15, 0.2) is 6.54 Å². The Kier molecular flexibility index (Phi) is 8.90. The zero-order valence-corrected chi connectivity index (χ0v) is 26.0.